The second-order valence-electron chi connectivity index (χ2n) is 8.91. The van der Waals surface area contributed by atoms with Crippen molar-refractivity contribution in [3.05, 3.63) is 95.2 Å². The van der Waals surface area contributed by atoms with E-state index in [1.165, 1.54) is 17.7 Å². The van der Waals surface area contributed by atoms with Gasteiger partial charge in [0, 0.05) is 17.5 Å². The lowest BCUT2D eigenvalue weighted by Crippen LogP contribution is -2.27. The van der Waals surface area contributed by atoms with Gasteiger partial charge < -0.3 is 5.32 Å². The first-order valence-corrected chi connectivity index (χ1v) is 11.5. The maximum absolute atomic E-state index is 13.0. The van der Waals surface area contributed by atoms with E-state index < -0.39 is 11.7 Å². The van der Waals surface area contributed by atoms with Gasteiger partial charge in [0.05, 0.1) is 11.1 Å². The van der Waals surface area contributed by atoms with Crippen LogP contribution < -0.4 is 5.32 Å². The lowest BCUT2D eigenvalue weighted by molar-refractivity contribution is -0.137. The number of carbonyl (C=O) groups is 1. The number of alkyl halides is 3. The quantitative estimate of drug-likeness (QED) is 0.331. The van der Waals surface area contributed by atoms with Crippen LogP contribution >= 0.6 is 0 Å². The van der Waals surface area contributed by atoms with Crippen LogP contribution in [0.4, 0.5) is 13.2 Å². The van der Waals surface area contributed by atoms with Crippen LogP contribution in [0.5, 0.6) is 0 Å². The van der Waals surface area contributed by atoms with E-state index in [0.717, 1.165) is 24.1 Å². The zero-order chi connectivity index (χ0) is 25.0. The monoisotopic (exact) mass is 477 g/mol. The standard InChI is InChI=1S/C28H26F3N3O/c1-18(2)17-20-7-11-21(12-8-20)26-33-24-6-4-3-5-23(24)25(34-26)27(35)32-16-15-19-9-13-22(14-10-19)28(29,30)31/h3-14,18H,15-17H2,1-2H3,(H,32,35). The molecule has 7 heteroatoms. The fourth-order valence-corrected chi connectivity index (χ4v) is 3.90. The predicted molar refractivity (Wildman–Crippen MR) is 131 cm³/mol. The Morgan fingerprint density at radius 1 is 0.886 bits per heavy atom. The van der Waals surface area contributed by atoms with E-state index >= 15 is 0 Å². The van der Waals surface area contributed by atoms with Crippen LogP contribution in [0, 0.1) is 5.92 Å². The Bertz CT molecular complexity index is 1310. The number of nitrogens with one attached hydrogen (secondary N) is 1. The van der Waals surface area contributed by atoms with Gasteiger partial charge in [0.15, 0.2) is 5.82 Å². The van der Waals surface area contributed by atoms with E-state index in [0.29, 0.717) is 34.6 Å². The first-order valence-electron chi connectivity index (χ1n) is 11.5. The molecule has 0 saturated carbocycles. The molecule has 1 heterocycles. The van der Waals surface area contributed by atoms with Gasteiger partial charge in [-0.1, -0.05) is 68.4 Å². The van der Waals surface area contributed by atoms with Crippen molar-refractivity contribution in [2.45, 2.75) is 32.9 Å². The second-order valence-corrected chi connectivity index (χ2v) is 8.91. The number of rotatable bonds is 7. The average Bonchev–Trinajstić information content (AvgIpc) is 2.83. The van der Waals surface area contributed by atoms with Crippen molar-refractivity contribution in [2.24, 2.45) is 5.92 Å². The fourth-order valence-electron chi connectivity index (χ4n) is 3.90. The minimum absolute atomic E-state index is 0.266. The third-order valence-electron chi connectivity index (χ3n) is 5.65. The summed E-state index contributed by atoms with van der Waals surface area (Å²) in [6, 6.07) is 20.3. The SMILES string of the molecule is CC(C)Cc1ccc(-c2nc(C(=O)NCCc3ccc(C(F)(F)F)cc3)c3ccccc3n2)cc1. The molecule has 180 valence electrons. The molecule has 0 aliphatic heterocycles. The minimum Gasteiger partial charge on any atom is -0.350 e. The number of amides is 1. The van der Waals surface area contributed by atoms with Crippen molar-refractivity contribution < 1.29 is 18.0 Å². The number of para-hydroxylation sites is 1. The van der Waals surface area contributed by atoms with Crippen LogP contribution in [0.1, 0.15) is 41.0 Å². The maximum Gasteiger partial charge on any atom is 0.416 e. The Labute approximate surface area is 202 Å². The van der Waals surface area contributed by atoms with Gasteiger partial charge in [-0.15, -0.1) is 0 Å². The van der Waals surface area contributed by atoms with E-state index in [1.54, 1.807) is 6.07 Å². The van der Waals surface area contributed by atoms with E-state index in [1.807, 2.05) is 30.3 Å². The van der Waals surface area contributed by atoms with Crippen molar-refractivity contribution >= 4 is 16.8 Å². The lowest BCUT2D eigenvalue weighted by atomic mass is 10.0. The van der Waals surface area contributed by atoms with Gasteiger partial charge in [0.2, 0.25) is 0 Å². The third-order valence-corrected chi connectivity index (χ3v) is 5.65. The van der Waals surface area contributed by atoms with Crippen molar-refractivity contribution in [1.82, 2.24) is 15.3 Å². The summed E-state index contributed by atoms with van der Waals surface area (Å²) < 4.78 is 38.2. The molecule has 4 rings (SSSR count). The Kier molecular flexibility index (Phi) is 7.15. The summed E-state index contributed by atoms with van der Waals surface area (Å²) in [5.41, 5.74) is 2.99. The Morgan fingerprint density at radius 3 is 2.20 bits per heavy atom. The van der Waals surface area contributed by atoms with Crippen LogP contribution in [0.3, 0.4) is 0 Å². The first-order chi connectivity index (χ1) is 16.7. The van der Waals surface area contributed by atoms with Gasteiger partial charge in [-0.2, -0.15) is 13.2 Å². The summed E-state index contributed by atoms with van der Waals surface area (Å²) in [7, 11) is 0. The smallest absolute Gasteiger partial charge is 0.350 e. The molecular weight excluding hydrogens is 451 g/mol. The molecule has 35 heavy (non-hydrogen) atoms. The highest BCUT2D eigenvalue weighted by atomic mass is 19.4. The highest BCUT2D eigenvalue weighted by Crippen LogP contribution is 2.29. The Morgan fingerprint density at radius 2 is 1.54 bits per heavy atom. The molecule has 1 N–H and O–H groups in total. The van der Waals surface area contributed by atoms with E-state index in [9.17, 15) is 18.0 Å². The van der Waals surface area contributed by atoms with Gasteiger partial charge in [-0.05, 0) is 48.1 Å². The zero-order valence-corrected chi connectivity index (χ0v) is 19.6. The van der Waals surface area contributed by atoms with E-state index in [4.69, 9.17) is 0 Å². The van der Waals surface area contributed by atoms with Crippen molar-refractivity contribution in [2.75, 3.05) is 6.54 Å². The number of halogens is 3. The first kappa shape index (κ1) is 24.4. The molecule has 0 atom stereocenters. The highest BCUT2D eigenvalue weighted by Gasteiger charge is 2.29. The van der Waals surface area contributed by atoms with Crippen molar-refractivity contribution in [3.63, 3.8) is 0 Å². The van der Waals surface area contributed by atoms with E-state index in [2.05, 4.69) is 41.3 Å². The normalized spacial score (nSPS) is 11.7. The fraction of sp³-hybridized carbons (Fsp3) is 0.250. The average molecular weight is 478 g/mol. The summed E-state index contributed by atoms with van der Waals surface area (Å²) in [6.07, 6.45) is -2.99. The van der Waals surface area contributed by atoms with Crippen LogP contribution in [-0.4, -0.2) is 22.4 Å². The van der Waals surface area contributed by atoms with Crippen LogP contribution in [0.15, 0.2) is 72.8 Å². The summed E-state index contributed by atoms with van der Waals surface area (Å²) in [5.74, 6) is 0.663. The number of nitrogens with zero attached hydrogens (tertiary/aromatic N) is 2. The molecular formula is C28H26F3N3O. The van der Waals surface area contributed by atoms with Gasteiger partial charge in [0.25, 0.3) is 5.91 Å². The van der Waals surface area contributed by atoms with Crippen LogP contribution in [0.2, 0.25) is 0 Å². The van der Waals surface area contributed by atoms with Crippen molar-refractivity contribution in [1.29, 1.82) is 0 Å². The van der Waals surface area contributed by atoms with Gasteiger partial charge in [-0.3, -0.25) is 4.79 Å². The Hall–Kier alpha value is -3.74. The number of hydrogen-bond acceptors (Lipinski definition) is 3. The largest absolute Gasteiger partial charge is 0.416 e. The molecule has 0 radical (unpaired) electrons. The van der Waals surface area contributed by atoms with Gasteiger partial charge in [0.1, 0.15) is 5.69 Å². The summed E-state index contributed by atoms with van der Waals surface area (Å²) >= 11 is 0. The molecule has 1 aromatic heterocycles. The molecule has 4 nitrogen and oxygen atoms in total. The third kappa shape index (κ3) is 6.04. The summed E-state index contributed by atoms with van der Waals surface area (Å²) in [5, 5.41) is 3.48. The molecule has 0 saturated heterocycles. The van der Waals surface area contributed by atoms with Crippen LogP contribution in [-0.2, 0) is 19.0 Å². The number of aromatic nitrogens is 2. The molecule has 0 unspecified atom stereocenters. The number of fused-ring (bicyclic) bond motifs is 1. The lowest BCUT2D eigenvalue weighted by Gasteiger charge is -2.11. The van der Waals surface area contributed by atoms with Crippen molar-refractivity contribution in [3.8, 4) is 11.4 Å². The molecule has 3 aromatic carbocycles. The van der Waals surface area contributed by atoms with Crippen LogP contribution in [0.25, 0.3) is 22.3 Å². The topological polar surface area (TPSA) is 54.9 Å². The van der Waals surface area contributed by atoms with Gasteiger partial charge in [-0.25, -0.2) is 9.97 Å². The second kappa shape index (κ2) is 10.3. The summed E-state index contributed by atoms with van der Waals surface area (Å²) in [4.78, 5) is 22.3. The predicted octanol–water partition coefficient (Wildman–Crippen LogP) is 6.49. The summed E-state index contributed by atoms with van der Waals surface area (Å²) in [6.45, 7) is 4.60. The van der Waals surface area contributed by atoms with E-state index in [-0.39, 0.29) is 18.1 Å². The molecule has 0 aliphatic carbocycles. The minimum atomic E-state index is -4.37. The highest BCUT2D eigenvalue weighted by molar-refractivity contribution is 6.04. The van der Waals surface area contributed by atoms with Gasteiger partial charge >= 0.3 is 6.18 Å². The Balaban J connectivity index is 1.52. The molecule has 1 amide bonds. The number of hydrogen-bond donors (Lipinski definition) is 1. The maximum atomic E-state index is 13.0. The molecule has 0 spiro atoms. The molecule has 0 fully saturated rings. The number of carbonyl (C=O) groups excluding carboxylic acids is 1. The molecule has 0 aliphatic rings. The molecule has 0 bridgehead atoms. The number of benzene rings is 3. The zero-order valence-electron chi connectivity index (χ0n) is 19.6. The molecule has 4 aromatic rings.